The Labute approximate surface area is 152 Å². The molecule has 1 aliphatic rings. The van der Waals surface area contributed by atoms with E-state index in [-0.39, 0.29) is 0 Å². The van der Waals surface area contributed by atoms with Crippen molar-refractivity contribution in [2.24, 2.45) is 9.98 Å². The van der Waals surface area contributed by atoms with Gasteiger partial charge in [-0.2, -0.15) is 0 Å². The second kappa shape index (κ2) is 8.71. The lowest BCUT2D eigenvalue weighted by molar-refractivity contribution is -0.133. The van der Waals surface area contributed by atoms with Gasteiger partial charge in [0.1, 0.15) is 0 Å². The first kappa shape index (κ1) is 17.5. The highest BCUT2D eigenvalue weighted by molar-refractivity contribution is 6.44. The Bertz CT molecular complexity index is 858. The number of nitrogens with one attached hydrogen (secondary N) is 2. The second-order valence-electron chi connectivity index (χ2n) is 5.85. The van der Waals surface area contributed by atoms with Gasteiger partial charge >= 0.3 is 11.8 Å². The standard InChI is InChI=1S/C20H20N4O2/c25-19-20(26)24-18-10-4-2-8-16(18)14-22-12-6-5-11-21-13-15-7-1-3-9-17(15)23-19/h1-4,7-11,14H,5-6,12-13H2,(H,23,25)(H,24,26). The maximum atomic E-state index is 12.3. The van der Waals surface area contributed by atoms with Crippen LogP contribution in [0.4, 0.5) is 11.4 Å². The molecule has 0 saturated carbocycles. The van der Waals surface area contributed by atoms with Gasteiger partial charge in [0.25, 0.3) is 0 Å². The zero-order valence-electron chi connectivity index (χ0n) is 14.3. The summed E-state index contributed by atoms with van der Waals surface area (Å²) in [4.78, 5) is 33.3. The monoisotopic (exact) mass is 348 g/mol. The Hall–Kier alpha value is -3.28. The molecule has 132 valence electrons. The molecule has 0 fully saturated rings. The van der Waals surface area contributed by atoms with Crippen molar-refractivity contribution in [1.29, 1.82) is 0 Å². The molecule has 0 saturated heterocycles. The van der Waals surface area contributed by atoms with Crippen molar-refractivity contribution >= 4 is 35.6 Å². The molecule has 0 spiro atoms. The number of nitrogens with zero attached hydrogens (tertiary/aromatic N) is 2. The van der Waals surface area contributed by atoms with E-state index < -0.39 is 11.8 Å². The number of carbonyl (C=O) groups is 2. The van der Waals surface area contributed by atoms with Crippen molar-refractivity contribution in [2.45, 2.75) is 19.4 Å². The summed E-state index contributed by atoms with van der Waals surface area (Å²) in [6, 6.07) is 14.6. The van der Waals surface area contributed by atoms with Gasteiger partial charge in [0, 0.05) is 29.7 Å². The number of amides is 2. The van der Waals surface area contributed by atoms with E-state index in [1.54, 1.807) is 24.4 Å². The Morgan fingerprint density at radius 2 is 1.50 bits per heavy atom. The number of fused-ring (bicyclic) bond motifs is 2. The Balaban J connectivity index is 1.88. The minimum atomic E-state index is -0.726. The molecule has 0 bridgehead atoms. The minimum absolute atomic E-state index is 0.449. The molecule has 0 aliphatic carbocycles. The molecule has 2 amide bonds. The summed E-state index contributed by atoms with van der Waals surface area (Å²) >= 11 is 0. The first-order valence-electron chi connectivity index (χ1n) is 8.51. The van der Waals surface area contributed by atoms with E-state index in [2.05, 4.69) is 20.6 Å². The molecule has 1 heterocycles. The van der Waals surface area contributed by atoms with Gasteiger partial charge in [0.15, 0.2) is 0 Å². The highest BCUT2D eigenvalue weighted by atomic mass is 16.2. The molecule has 1 aliphatic heterocycles. The molecule has 2 aromatic rings. The van der Waals surface area contributed by atoms with Crippen LogP contribution in [0, 0.1) is 0 Å². The molecule has 3 rings (SSSR count). The van der Waals surface area contributed by atoms with E-state index in [1.165, 1.54) is 0 Å². The third-order valence-corrected chi connectivity index (χ3v) is 3.92. The van der Waals surface area contributed by atoms with E-state index in [0.717, 1.165) is 24.0 Å². The number of carbonyl (C=O) groups excluding carboxylic acids is 2. The summed E-state index contributed by atoms with van der Waals surface area (Å²) in [6.45, 7) is 1.12. The van der Waals surface area contributed by atoms with Crippen LogP contribution in [-0.2, 0) is 16.1 Å². The van der Waals surface area contributed by atoms with Crippen LogP contribution >= 0.6 is 0 Å². The van der Waals surface area contributed by atoms with E-state index in [9.17, 15) is 9.59 Å². The summed E-state index contributed by atoms with van der Waals surface area (Å²) in [5.41, 5.74) is 2.76. The molecule has 0 unspecified atom stereocenters. The van der Waals surface area contributed by atoms with Crippen molar-refractivity contribution in [1.82, 2.24) is 0 Å². The third kappa shape index (κ3) is 4.63. The van der Waals surface area contributed by atoms with Crippen molar-refractivity contribution < 1.29 is 9.59 Å². The minimum Gasteiger partial charge on any atom is -0.317 e. The lowest BCUT2D eigenvalue weighted by Crippen LogP contribution is -2.29. The van der Waals surface area contributed by atoms with Crippen molar-refractivity contribution in [3.63, 3.8) is 0 Å². The van der Waals surface area contributed by atoms with Crippen LogP contribution in [0.15, 0.2) is 58.5 Å². The van der Waals surface area contributed by atoms with E-state index in [0.29, 0.717) is 24.5 Å². The average Bonchev–Trinajstić information content (AvgIpc) is 2.65. The Morgan fingerprint density at radius 1 is 0.808 bits per heavy atom. The van der Waals surface area contributed by atoms with Crippen LogP contribution in [0.1, 0.15) is 24.0 Å². The molecule has 26 heavy (non-hydrogen) atoms. The number of para-hydroxylation sites is 2. The molecule has 0 aromatic heterocycles. The van der Waals surface area contributed by atoms with E-state index in [1.807, 2.05) is 36.5 Å². The number of benzene rings is 2. The number of hydrogen-bond donors (Lipinski definition) is 2. The summed E-state index contributed by atoms with van der Waals surface area (Å²) < 4.78 is 0. The topological polar surface area (TPSA) is 82.9 Å². The molecule has 2 aromatic carbocycles. The van der Waals surface area contributed by atoms with Crippen LogP contribution in [0.25, 0.3) is 0 Å². The zero-order valence-corrected chi connectivity index (χ0v) is 14.3. The average molecular weight is 348 g/mol. The van der Waals surface area contributed by atoms with Gasteiger partial charge in [-0.3, -0.25) is 19.6 Å². The molecule has 0 atom stereocenters. The molecular weight excluding hydrogens is 328 g/mol. The van der Waals surface area contributed by atoms with Gasteiger partial charge < -0.3 is 10.6 Å². The molecule has 6 nitrogen and oxygen atoms in total. The zero-order chi connectivity index (χ0) is 18.2. The summed E-state index contributed by atoms with van der Waals surface area (Å²) in [6.07, 6.45) is 5.32. The molecule has 6 heteroatoms. The van der Waals surface area contributed by atoms with Crippen LogP contribution in [0.2, 0.25) is 0 Å². The first-order chi connectivity index (χ1) is 12.7. The largest absolute Gasteiger partial charge is 0.317 e. The SMILES string of the molecule is O=C1Nc2ccccc2C=NCCCC=NCc2ccccc2NC1=O. The summed E-state index contributed by atoms with van der Waals surface area (Å²) in [5.74, 6) is -1.45. The highest BCUT2D eigenvalue weighted by Crippen LogP contribution is 2.17. The van der Waals surface area contributed by atoms with E-state index >= 15 is 0 Å². The Morgan fingerprint density at radius 3 is 2.35 bits per heavy atom. The van der Waals surface area contributed by atoms with Crippen LogP contribution in [0.3, 0.4) is 0 Å². The smallest absolute Gasteiger partial charge is 0.314 e. The quantitative estimate of drug-likeness (QED) is 0.717. The first-order valence-corrected chi connectivity index (χ1v) is 8.51. The predicted octanol–water partition coefficient (Wildman–Crippen LogP) is 3.05. The van der Waals surface area contributed by atoms with Gasteiger partial charge in [-0.05, 0) is 36.8 Å². The van der Waals surface area contributed by atoms with Gasteiger partial charge in [-0.1, -0.05) is 36.4 Å². The Kier molecular flexibility index (Phi) is 5.88. The summed E-state index contributed by atoms with van der Waals surface area (Å²) in [5, 5.41) is 5.32. The highest BCUT2D eigenvalue weighted by Gasteiger charge is 2.16. The second-order valence-corrected chi connectivity index (χ2v) is 5.85. The number of aliphatic imine (C=N–C) groups is 2. The number of anilines is 2. The van der Waals surface area contributed by atoms with Gasteiger partial charge in [0.2, 0.25) is 0 Å². The van der Waals surface area contributed by atoms with E-state index in [4.69, 9.17) is 0 Å². The van der Waals surface area contributed by atoms with Gasteiger partial charge in [0.05, 0.1) is 6.54 Å². The van der Waals surface area contributed by atoms with Crippen molar-refractivity contribution in [3.8, 4) is 0 Å². The van der Waals surface area contributed by atoms with Crippen LogP contribution < -0.4 is 10.6 Å². The molecule has 0 radical (unpaired) electrons. The fraction of sp³-hybridized carbons (Fsp3) is 0.200. The third-order valence-electron chi connectivity index (χ3n) is 3.92. The van der Waals surface area contributed by atoms with Crippen LogP contribution in [-0.4, -0.2) is 30.8 Å². The fourth-order valence-corrected chi connectivity index (χ4v) is 2.55. The number of hydrogen-bond acceptors (Lipinski definition) is 4. The summed E-state index contributed by atoms with van der Waals surface area (Å²) in [7, 11) is 0. The van der Waals surface area contributed by atoms with Crippen molar-refractivity contribution in [2.75, 3.05) is 17.2 Å². The van der Waals surface area contributed by atoms with Gasteiger partial charge in [-0.25, -0.2) is 0 Å². The molecule has 2 N–H and O–H groups in total. The van der Waals surface area contributed by atoms with Crippen molar-refractivity contribution in [3.05, 3.63) is 59.7 Å². The van der Waals surface area contributed by atoms with Gasteiger partial charge in [-0.15, -0.1) is 0 Å². The maximum Gasteiger partial charge on any atom is 0.314 e. The lowest BCUT2D eigenvalue weighted by Gasteiger charge is -2.11. The van der Waals surface area contributed by atoms with Crippen LogP contribution in [0.5, 0.6) is 0 Å². The maximum absolute atomic E-state index is 12.3. The number of rotatable bonds is 0. The molecular formula is C20H20N4O2. The predicted molar refractivity (Wildman–Crippen MR) is 104 cm³/mol. The fourth-order valence-electron chi connectivity index (χ4n) is 2.55. The lowest BCUT2D eigenvalue weighted by atomic mass is 10.1. The normalized spacial score (nSPS) is 15.5.